The van der Waals surface area contributed by atoms with Gasteiger partial charge in [-0.1, -0.05) is 0 Å². The van der Waals surface area contributed by atoms with Crippen LogP contribution in [0.3, 0.4) is 0 Å². The summed E-state index contributed by atoms with van der Waals surface area (Å²) in [5, 5.41) is 8.58. The minimum atomic E-state index is -0.478. The second kappa shape index (κ2) is 7.57. The molecule has 0 spiro atoms. The molecule has 0 aliphatic carbocycles. The van der Waals surface area contributed by atoms with Gasteiger partial charge in [-0.25, -0.2) is 14.8 Å². The fourth-order valence-electron chi connectivity index (χ4n) is 1.36. The van der Waals surface area contributed by atoms with E-state index in [2.05, 4.69) is 14.7 Å². The van der Waals surface area contributed by atoms with E-state index in [1.807, 2.05) is 0 Å². The van der Waals surface area contributed by atoms with Crippen molar-refractivity contribution in [3.63, 3.8) is 0 Å². The number of aliphatic hydroxyl groups excluding tert-OH is 1. The molecule has 0 aliphatic rings. The molecule has 1 heterocycles. The van der Waals surface area contributed by atoms with Gasteiger partial charge in [0.15, 0.2) is 0 Å². The van der Waals surface area contributed by atoms with Crippen LogP contribution in [0, 0.1) is 0 Å². The van der Waals surface area contributed by atoms with Crippen LogP contribution < -0.4 is 4.90 Å². The molecular weight excluding hydrogens is 238 g/mol. The summed E-state index contributed by atoms with van der Waals surface area (Å²) < 4.78 is 9.81. The lowest BCUT2D eigenvalue weighted by atomic mass is 10.3. The van der Waals surface area contributed by atoms with Crippen LogP contribution in [0.4, 0.5) is 5.82 Å². The molecule has 18 heavy (non-hydrogen) atoms. The maximum atomic E-state index is 11.5. The molecule has 7 nitrogen and oxygen atoms in total. The summed E-state index contributed by atoms with van der Waals surface area (Å²) in [6, 6.07) is 0. The number of anilines is 1. The van der Waals surface area contributed by atoms with Crippen LogP contribution in [0.15, 0.2) is 12.5 Å². The Kier molecular flexibility index (Phi) is 6.03. The number of methoxy groups -OCH3 is 1. The summed E-state index contributed by atoms with van der Waals surface area (Å²) in [5.41, 5.74) is 0.310. The SMILES string of the molecule is COC(=O)c1cncnc1N(C)CCOCCO. The number of likely N-dealkylation sites (N-methyl/N-ethyl adjacent to an activating group) is 1. The zero-order valence-corrected chi connectivity index (χ0v) is 10.5. The molecule has 0 aliphatic heterocycles. The van der Waals surface area contributed by atoms with Gasteiger partial charge in [0.05, 0.1) is 26.9 Å². The summed E-state index contributed by atoms with van der Waals surface area (Å²) in [6.07, 6.45) is 2.78. The molecule has 0 amide bonds. The van der Waals surface area contributed by atoms with Crippen LogP contribution >= 0.6 is 0 Å². The highest BCUT2D eigenvalue weighted by Gasteiger charge is 2.16. The Hall–Kier alpha value is -1.73. The third-order valence-corrected chi connectivity index (χ3v) is 2.26. The van der Waals surface area contributed by atoms with Crippen LogP contribution in [-0.4, -0.2) is 61.6 Å². The molecule has 1 N–H and O–H groups in total. The van der Waals surface area contributed by atoms with Gasteiger partial charge in [-0.3, -0.25) is 0 Å². The van der Waals surface area contributed by atoms with E-state index in [4.69, 9.17) is 9.84 Å². The number of rotatable bonds is 7. The van der Waals surface area contributed by atoms with Crippen molar-refractivity contribution in [2.45, 2.75) is 0 Å². The highest BCUT2D eigenvalue weighted by Crippen LogP contribution is 2.15. The lowest BCUT2D eigenvalue weighted by Crippen LogP contribution is -2.26. The predicted octanol–water partition coefficient (Wildman–Crippen LogP) is -0.292. The first-order chi connectivity index (χ1) is 8.70. The fraction of sp³-hybridized carbons (Fsp3) is 0.545. The number of hydrogen-bond donors (Lipinski definition) is 1. The minimum absolute atomic E-state index is 0.00929. The van der Waals surface area contributed by atoms with Crippen LogP contribution in [0.1, 0.15) is 10.4 Å². The van der Waals surface area contributed by atoms with Crippen LogP contribution in [-0.2, 0) is 9.47 Å². The van der Waals surface area contributed by atoms with Crippen molar-refractivity contribution in [2.75, 3.05) is 45.4 Å². The first-order valence-electron chi connectivity index (χ1n) is 5.48. The summed E-state index contributed by atoms with van der Waals surface area (Å²) in [6.45, 7) is 1.26. The number of hydrogen-bond acceptors (Lipinski definition) is 7. The van der Waals surface area contributed by atoms with Crippen molar-refractivity contribution in [1.82, 2.24) is 9.97 Å². The molecule has 0 aromatic carbocycles. The van der Waals surface area contributed by atoms with Gasteiger partial charge in [0.1, 0.15) is 17.7 Å². The van der Waals surface area contributed by atoms with Crippen molar-refractivity contribution in [1.29, 1.82) is 0 Å². The standard InChI is InChI=1S/C11H17N3O4/c1-14(3-5-18-6-4-15)10-9(11(16)17-2)7-12-8-13-10/h7-8,15H,3-6H2,1-2H3. The van der Waals surface area contributed by atoms with E-state index in [1.165, 1.54) is 19.6 Å². The number of aliphatic hydroxyl groups is 1. The number of carbonyl (C=O) groups excluding carboxylic acids is 1. The van der Waals surface area contributed by atoms with Gasteiger partial charge >= 0.3 is 5.97 Å². The molecule has 0 unspecified atom stereocenters. The van der Waals surface area contributed by atoms with Gasteiger partial charge in [-0.2, -0.15) is 0 Å². The topological polar surface area (TPSA) is 84.8 Å². The lowest BCUT2D eigenvalue weighted by molar-refractivity contribution is 0.0600. The second-order valence-corrected chi connectivity index (χ2v) is 3.51. The van der Waals surface area contributed by atoms with Gasteiger partial charge in [-0.15, -0.1) is 0 Å². The Labute approximate surface area is 105 Å². The minimum Gasteiger partial charge on any atom is -0.465 e. The first-order valence-corrected chi connectivity index (χ1v) is 5.48. The summed E-state index contributed by atoms with van der Waals surface area (Å²) in [5.74, 6) is 0.0122. The van der Waals surface area contributed by atoms with E-state index in [0.29, 0.717) is 31.1 Å². The zero-order chi connectivity index (χ0) is 13.4. The van der Waals surface area contributed by atoms with Crippen molar-refractivity contribution < 1.29 is 19.4 Å². The Balaban J connectivity index is 2.66. The van der Waals surface area contributed by atoms with Gasteiger partial charge in [0.25, 0.3) is 0 Å². The van der Waals surface area contributed by atoms with Crippen LogP contribution in [0.2, 0.25) is 0 Å². The summed E-state index contributed by atoms with van der Waals surface area (Å²) in [4.78, 5) is 21.2. The molecule has 0 bridgehead atoms. The monoisotopic (exact) mass is 255 g/mol. The predicted molar refractivity (Wildman–Crippen MR) is 64.5 cm³/mol. The molecule has 100 valence electrons. The maximum absolute atomic E-state index is 11.5. The highest BCUT2D eigenvalue weighted by atomic mass is 16.5. The Bertz CT molecular complexity index is 386. The second-order valence-electron chi connectivity index (χ2n) is 3.51. The van der Waals surface area contributed by atoms with E-state index in [-0.39, 0.29) is 6.61 Å². The van der Waals surface area contributed by atoms with Crippen molar-refractivity contribution in [2.24, 2.45) is 0 Å². The molecule has 0 saturated heterocycles. The summed E-state index contributed by atoms with van der Waals surface area (Å²) >= 11 is 0. The van der Waals surface area contributed by atoms with Gasteiger partial charge < -0.3 is 19.5 Å². The van der Waals surface area contributed by atoms with E-state index in [1.54, 1.807) is 11.9 Å². The van der Waals surface area contributed by atoms with E-state index in [0.717, 1.165) is 0 Å². The number of esters is 1. The van der Waals surface area contributed by atoms with Gasteiger partial charge in [0.2, 0.25) is 0 Å². The summed E-state index contributed by atoms with van der Waals surface area (Å²) in [7, 11) is 3.10. The van der Waals surface area contributed by atoms with E-state index in [9.17, 15) is 4.79 Å². The largest absolute Gasteiger partial charge is 0.465 e. The number of carbonyl (C=O) groups is 1. The molecule has 1 aromatic heterocycles. The molecule has 7 heteroatoms. The van der Waals surface area contributed by atoms with Crippen LogP contribution in [0.25, 0.3) is 0 Å². The molecular formula is C11H17N3O4. The Morgan fingerprint density at radius 1 is 1.50 bits per heavy atom. The first kappa shape index (κ1) is 14.3. The number of aromatic nitrogens is 2. The zero-order valence-electron chi connectivity index (χ0n) is 10.5. The normalized spacial score (nSPS) is 10.2. The fourth-order valence-corrected chi connectivity index (χ4v) is 1.36. The average molecular weight is 255 g/mol. The average Bonchev–Trinajstić information content (AvgIpc) is 2.42. The highest BCUT2D eigenvalue weighted by molar-refractivity contribution is 5.94. The molecule has 0 saturated carbocycles. The third kappa shape index (κ3) is 3.94. The van der Waals surface area contributed by atoms with Crippen molar-refractivity contribution in [3.05, 3.63) is 18.1 Å². The van der Waals surface area contributed by atoms with E-state index < -0.39 is 5.97 Å². The van der Waals surface area contributed by atoms with Gasteiger partial charge in [0, 0.05) is 19.8 Å². The maximum Gasteiger partial charge on any atom is 0.343 e. The van der Waals surface area contributed by atoms with Crippen LogP contribution in [0.5, 0.6) is 0 Å². The number of nitrogens with zero attached hydrogens (tertiary/aromatic N) is 3. The van der Waals surface area contributed by atoms with E-state index >= 15 is 0 Å². The molecule has 0 radical (unpaired) electrons. The molecule has 1 rings (SSSR count). The number of ether oxygens (including phenoxy) is 2. The molecule has 0 atom stereocenters. The Morgan fingerprint density at radius 3 is 2.94 bits per heavy atom. The third-order valence-electron chi connectivity index (χ3n) is 2.26. The quantitative estimate of drug-likeness (QED) is 0.529. The van der Waals surface area contributed by atoms with Gasteiger partial charge in [-0.05, 0) is 0 Å². The molecule has 0 fully saturated rings. The van der Waals surface area contributed by atoms with Crippen molar-refractivity contribution in [3.8, 4) is 0 Å². The smallest absolute Gasteiger partial charge is 0.343 e. The molecule has 1 aromatic rings. The Morgan fingerprint density at radius 2 is 2.28 bits per heavy atom. The van der Waals surface area contributed by atoms with Crippen molar-refractivity contribution >= 4 is 11.8 Å². The lowest BCUT2D eigenvalue weighted by Gasteiger charge is -2.19.